The molecule has 2 rings (SSSR count). The molecular formula is C24H29Cl3N2O2S. The first-order valence-corrected chi connectivity index (χ1v) is 12.8. The van der Waals surface area contributed by atoms with E-state index in [4.69, 9.17) is 34.8 Å². The van der Waals surface area contributed by atoms with Gasteiger partial charge in [-0.1, -0.05) is 54.7 Å². The van der Waals surface area contributed by atoms with Crippen molar-refractivity contribution in [2.75, 3.05) is 5.75 Å². The van der Waals surface area contributed by atoms with Crippen LogP contribution < -0.4 is 5.32 Å². The maximum absolute atomic E-state index is 13.3. The lowest BCUT2D eigenvalue weighted by molar-refractivity contribution is -0.141. The number of carbonyl (C=O) groups excluding carboxylic acids is 2. The van der Waals surface area contributed by atoms with Crippen molar-refractivity contribution >= 4 is 58.4 Å². The minimum Gasteiger partial charge on any atom is -0.352 e. The summed E-state index contributed by atoms with van der Waals surface area (Å²) >= 11 is 19.9. The van der Waals surface area contributed by atoms with E-state index in [1.165, 1.54) is 0 Å². The van der Waals surface area contributed by atoms with Crippen molar-refractivity contribution in [1.29, 1.82) is 0 Å². The van der Waals surface area contributed by atoms with Crippen molar-refractivity contribution in [3.63, 3.8) is 0 Å². The molecule has 2 aromatic rings. The Morgan fingerprint density at radius 2 is 1.66 bits per heavy atom. The highest BCUT2D eigenvalue weighted by Gasteiger charge is 2.29. The highest BCUT2D eigenvalue weighted by atomic mass is 35.5. The molecule has 2 aromatic carbocycles. The SMILES string of the molecule is CC[C@H](C)NC(=O)[C@H](CC)N(Cc1ccc(Cl)cc1Cl)C(=O)CCSc1ccc(Cl)cc1. The zero-order valence-electron chi connectivity index (χ0n) is 18.5. The van der Waals surface area contributed by atoms with Gasteiger partial charge >= 0.3 is 0 Å². The predicted molar refractivity (Wildman–Crippen MR) is 136 cm³/mol. The van der Waals surface area contributed by atoms with Crippen LogP contribution in [0.15, 0.2) is 47.4 Å². The van der Waals surface area contributed by atoms with Crippen molar-refractivity contribution < 1.29 is 9.59 Å². The van der Waals surface area contributed by atoms with Gasteiger partial charge in [0, 0.05) is 44.7 Å². The molecular weight excluding hydrogens is 487 g/mol. The van der Waals surface area contributed by atoms with Crippen LogP contribution in [0, 0.1) is 0 Å². The maximum Gasteiger partial charge on any atom is 0.243 e. The summed E-state index contributed by atoms with van der Waals surface area (Å²) in [7, 11) is 0. The van der Waals surface area contributed by atoms with Gasteiger partial charge in [-0.25, -0.2) is 0 Å². The minimum absolute atomic E-state index is 0.0353. The summed E-state index contributed by atoms with van der Waals surface area (Å²) in [6.07, 6.45) is 1.62. The van der Waals surface area contributed by atoms with Gasteiger partial charge in [0.1, 0.15) is 6.04 Å². The van der Waals surface area contributed by atoms with E-state index in [9.17, 15) is 9.59 Å². The third-order valence-electron chi connectivity index (χ3n) is 5.14. The van der Waals surface area contributed by atoms with Crippen LogP contribution >= 0.6 is 46.6 Å². The fraction of sp³-hybridized carbons (Fsp3) is 0.417. The summed E-state index contributed by atoms with van der Waals surface area (Å²) in [5.74, 6) is 0.351. The molecule has 0 heterocycles. The summed E-state index contributed by atoms with van der Waals surface area (Å²) in [5, 5.41) is 4.68. The Morgan fingerprint density at radius 3 is 2.25 bits per heavy atom. The van der Waals surface area contributed by atoms with Crippen molar-refractivity contribution in [3.05, 3.63) is 63.1 Å². The van der Waals surface area contributed by atoms with Gasteiger partial charge in [0.15, 0.2) is 0 Å². The van der Waals surface area contributed by atoms with Gasteiger partial charge in [0.2, 0.25) is 11.8 Å². The molecule has 0 bridgehead atoms. The molecule has 0 saturated heterocycles. The van der Waals surface area contributed by atoms with Crippen molar-refractivity contribution in [1.82, 2.24) is 10.2 Å². The van der Waals surface area contributed by atoms with Gasteiger partial charge in [-0.15, -0.1) is 11.8 Å². The lowest BCUT2D eigenvalue weighted by Gasteiger charge is -2.31. The standard InChI is InChI=1S/C24H29Cl3N2O2S/c1-4-16(3)28-24(31)22(5-2)29(15-17-6-7-19(26)14-21(17)27)23(30)12-13-32-20-10-8-18(25)9-11-20/h6-11,14,16,22H,4-5,12-13,15H2,1-3H3,(H,28,31)/t16-,22-/m0/s1. The molecule has 0 spiro atoms. The zero-order chi connectivity index (χ0) is 23.7. The number of benzene rings is 2. The van der Waals surface area contributed by atoms with Crippen LogP contribution in [0.5, 0.6) is 0 Å². The number of hydrogen-bond donors (Lipinski definition) is 1. The molecule has 4 nitrogen and oxygen atoms in total. The second kappa shape index (κ2) is 13.3. The smallest absolute Gasteiger partial charge is 0.243 e. The van der Waals surface area contributed by atoms with Gasteiger partial charge in [-0.2, -0.15) is 0 Å². The van der Waals surface area contributed by atoms with E-state index in [1.54, 1.807) is 34.9 Å². The Morgan fingerprint density at radius 1 is 1.00 bits per heavy atom. The van der Waals surface area contributed by atoms with Crippen molar-refractivity contribution in [2.24, 2.45) is 0 Å². The van der Waals surface area contributed by atoms with Crippen LogP contribution in [0.2, 0.25) is 15.1 Å². The molecule has 0 aliphatic rings. The number of thioether (sulfide) groups is 1. The Balaban J connectivity index is 2.17. The summed E-state index contributed by atoms with van der Waals surface area (Å²) < 4.78 is 0. The summed E-state index contributed by atoms with van der Waals surface area (Å²) in [6.45, 7) is 6.12. The number of hydrogen-bond acceptors (Lipinski definition) is 3. The molecule has 0 aliphatic heterocycles. The number of halogens is 3. The molecule has 8 heteroatoms. The average molecular weight is 516 g/mol. The molecule has 0 fully saturated rings. The molecule has 32 heavy (non-hydrogen) atoms. The predicted octanol–water partition coefficient (Wildman–Crippen LogP) is 6.85. The number of rotatable bonds is 11. The number of carbonyl (C=O) groups is 2. The molecule has 0 radical (unpaired) electrons. The summed E-state index contributed by atoms with van der Waals surface area (Å²) in [5.41, 5.74) is 0.754. The first-order chi connectivity index (χ1) is 15.2. The average Bonchev–Trinajstić information content (AvgIpc) is 2.76. The first kappa shape index (κ1) is 26.8. The van der Waals surface area contributed by atoms with E-state index in [0.29, 0.717) is 33.7 Å². The monoisotopic (exact) mass is 514 g/mol. The number of amides is 2. The fourth-order valence-corrected chi connectivity index (χ4v) is 4.56. The fourth-order valence-electron chi connectivity index (χ4n) is 3.12. The molecule has 174 valence electrons. The minimum atomic E-state index is -0.580. The molecule has 0 aliphatic carbocycles. The lowest BCUT2D eigenvalue weighted by Crippen LogP contribution is -2.50. The highest BCUT2D eigenvalue weighted by Crippen LogP contribution is 2.25. The van der Waals surface area contributed by atoms with Crippen molar-refractivity contribution in [3.8, 4) is 0 Å². The molecule has 0 saturated carbocycles. The van der Waals surface area contributed by atoms with E-state index < -0.39 is 6.04 Å². The van der Waals surface area contributed by atoms with Crippen LogP contribution in [0.1, 0.15) is 45.6 Å². The zero-order valence-corrected chi connectivity index (χ0v) is 21.6. The van der Waals surface area contributed by atoms with E-state index in [-0.39, 0.29) is 24.4 Å². The summed E-state index contributed by atoms with van der Waals surface area (Å²) in [6, 6.07) is 12.2. The van der Waals surface area contributed by atoms with Crippen LogP contribution in [-0.2, 0) is 16.1 Å². The third-order valence-corrected chi connectivity index (χ3v) is 6.99. The Kier molecular flexibility index (Phi) is 11.2. The van der Waals surface area contributed by atoms with Crippen LogP contribution in [0.4, 0.5) is 0 Å². The van der Waals surface area contributed by atoms with E-state index in [0.717, 1.165) is 16.9 Å². The van der Waals surface area contributed by atoms with E-state index >= 15 is 0 Å². The Bertz CT molecular complexity index is 909. The van der Waals surface area contributed by atoms with E-state index in [1.807, 2.05) is 45.0 Å². The second-order valence-electron chi connectivity index (χ2n) is 7.55. The van der Waals surface area contributed by atoms with Crippen LogP contribution in [-0.4, -0.2) is 34.6 Å². The normalized spacial score (nSPS) is 12.8. The number of nitrogens with one attached hydrogen (secondary N) is 1. The Hall–Kier alpha value is -1.40. The molecule has 1 N–H and O–H groups in total. The lowest BCUT2D eigenvalue weighted by atomic mass is 10.1. The van der Waals surface area contributed by atoms with Gasteiger partial charge in [0.05, 0.1) is 0 Å². The molecule has 0 unspecified atom stereocenters. The molecule has 2 atom stereocenters. The van der Waals surface area contributed by atoms with Crippen LogP contribution in [0.3, 0.4) is 0 Å². The number of nitrogens with zero attached hydrogens (tertiary/aromatic N) is 1. The largest absolute Gasteiger partial charge is 0.352 e. The molecule has 0 aromatic heterocycles. The summed E-state index contributed by atoms with van der Waals surface area (Å²) in [4.78, 5) is 28.9. The van der Waals surface area contributed by atoms with Gasteiger partial charge in [-0.3, -0.25) is 9.59 Å². The van der Waals surface area contributed by atoms with Crippen molar-refractivity contribution in [2.45, 2.75) is 63.6 Å². The quantitative estimate of drug-likeness (QED) is 0.333. The first-order valence-electron chi connectivity index (χ1n) is 10.7. The van der Waals surface area contributed by atoms with E-state index in [2.05, 4.69) is 5.32 Å². The van der Waals surface area contributed by atoms with Gasteiger partial charge in [0.25, 0.3) is 0 Å². The van der Waals surface area contributed by atoms with Gasteiger partial charge in [-0.05, 0) is 61.7 Å². The van der Waals surface area contributed by atoms with Gasteiger partial charge < -0.3 is 10.2 Å². The highest BCUT2D eigenvalue weighted by molar-refractivity contribution is 7.99. The third kappa shape index (κ3) is 8.18. The topological polar surface area (TPSA) is 49.4 Å². The van der Waals surface area contributed by atoms with Crippen LogP contribution in [0.25, 0.3) is 0 Å². The Labute approximate surface area is 210 Å². The second-order valence-corrected chi connectivity index (χ2v) is 10.0. The molecule has 2 amide bonds. The maximum atomic E-state index is 13.3.